The van der Waals surface area contributed by atoms with Gasteiger partial charge in [0, 0.05) is 17.2 Å². The van der Waals surface area contributed by atoms with Gasteiger partial charge in [0.15, 0.2) is 0 Å². The zero-order chi connectivity index (χ0) is 13.0. The van der Waals surface area contributed by atoms with Crippen molar-refractivity contribution in [2.24, 2.45) is 0 Å². The number of aryl methyl sites for hydroxylation is 2. The number of rotatable bonds is 4. The molecule has 2 aromatic carbocycles. The first-order valence-corrected chi connectivity index (χ1v) is 7.28. The van der Waals surface area contributed by atoms with Crippen LogP contribution in [0.15, 0.2) is 42.5 Å². The van der Waals surface area contributed by atoms with E-state index in [1.54, 1.807) is 0 Å². The number of benzene rings is 2. The Morgan fingerprint density at radius 2 is 1.39 bits per heavy atom. The summed E-state index contributed by atoms with van der Waals surface area (Å²) in [7, 11) is 0. The van der Waals surface area contributed by atoms with Crippen LogP contribution in [0.5, 0.6) is 0 Å². The van der Waals surface area contributed by atoms with Gasteiger partial charge in [-0.3, -0.25) is 0 Å². The number of thioether (sulfide) groups is 1. The van der Waals surface area contributed by atoms with Crippen molar-refractivity contribution in [3.8, 4) is 0 Å². The third-order valence-corrected chi connectivity index (χ3v) is 3.87. The zero-order valence-corrected chi connectivity index (χ0v) is 11.8. The fraction of sp³-hybridized carbons (Fsp3) is 0.250. The van der Waals surface area contributed by atoms with Gasteiger partial charge in [0.1, 0.15) is 0 Å². The van der Waals surface area contributed by atoms with Crippen LogP contribution in [-0.4, -0.2) is 0 Å². The van der Waals surface area contributed by atoms with E-state index in [1.165, 1.54) is 22.3 Å². The van der Waals surface area contributed by atoms with E-state index >= 15 is 0 Å². The van der Waals surface area contributed by atoms with Gasteiger partial charge in [-0.15, -0.1) is 0 Å². The third-order valence-electron chi connectivity index (χ3n) is 2.80. The topological polar surface area (TPSA) is 26.0 Å². The highest BCUT2D eigenvalue weighted by molar-refractivity contribution is 7.97. The summed E-state index contributed by atoms with van der Waals surface area (Å²) in [5.74, 6) is 2.10. The molecule has 2 heteroatoms. The summed E-state index contributed by atoms with van der Waals surface area (Å²) in [5.41, 5.74) is 11.9. The van der Waals surface area contributed by atoms with Gasteiger partial charge in [0.25, 0.3) is 0 Å². The molecule has 0 aliphatic heterocycles. The first-order valence-electron chi connectivity index (χ1n) is 6.13. The predicted molar refractivity (Wildman–Crippen MR) is 81.8 cm³/mol. The van der Waals surface area contributed by atoms with E-state index in [4.69, 9.17) is 5.73 Å². The van der Waals surface area contributed by atoms with Crippen molar-refractivity contribution in [3.63, 3.8) is 0 Å². The van der Waals surface area contributed by atoms with Crippen LogP contribution in [-0.2, 0) is 11.5 Å². The maximum Gasteiger partial charge on any atom is 0.0314 e. The summed E-state index contributed by atoms with van der Waals surface area (Å²) >= 11 is 1.94. The summed E-state index contributed by atoms with van der Waals surface area (Å²) in [5, 5.41) is 0. The van der Waals surface area contributed by atoms with Crippen molar-refractivity contribution in [1.82, 2.24) is 0 Å². The monoisotopic (exact) mass is 257 g/mol. The molecule has 0 aliphatic rings. The summed E-state index contributed by atoms with van der Waals surface area (Å²) in [4.78, 5) is 0. The quantitative estimate of drug-likeness (QED) is 0.826. The van der Waals surface area contributed by atoms with Gasteiger partial charge in [-0.05, 0) is 37.1 Å². The van der Waals surface area contributed by atoms with Crippen molar-refractivity contribution in [3.05, 3.63) is 64.7 Å². The minimum atomic E-state index is 0.832. The molecule has 0 saturated carbocycles. The summed E-state index contributed by atoms with van der Waals surface area (Å²) in [6, 6.07) is 14.9. The van der Waals surface area contributed by atoms with Gasteiger partial charge >= 0.3 is 0 Å². The van der Waals surface area contributed by atoms with Gasteiger partial charge in [0.2, 0.25) is 0 Å². The minimum Gasteiger partial charge on any atom is -0.399 e. The van der Waals surface area contributed by atoms with Crippen LogP contribution in [0.4, 0.5) is 5.69 Å². The smallest absolute Gasteiger partial charge is 0.0314 e. The maximum absolute atomic E-state index is 5.67. The molecule has 18 heavy (non-hydrogen) atoms. The average Bonchev–Trinajstić information content (AvgIpc) is 2.30. The van der Waals surface area contributed by atoms with Crippen molar-refractivity contribution < 1.29 is 0 Å². The lowest BCUT2D eigenvalue weighted by Gasteiger charge is -2.05. The summed E-state index contributed by atoms with van der Waals surface area (Å²) in [6.07, 6.45) is 0. The first-order chi connectivity index (χ1) is 8.63. The highest BCUT2D eigenvalue weighted by atomic mass is 32.2. The van der Waals surface area contributed by atoms with Crippen LogP contribution in [0.3, 0.4) is 0 Å². The standard InChI is InChI=1S/C16H19NS/c1-12-7-13(2)9-15(8-12)11-18-10-14-3-5-16(17)6-4-14/h3-9H,10-11,17H2,1-2H3. The lowest BCUT2D eigenvalue weighted by Crippen LogP contribution is -1.88. The van der Waals surface area contributed by atoms with Gasteiger partial charge in [0.05, 0.1) is 0 Å². The normalized spacial score (nSPS) is 10.6. The average molecular weight is 257 g/mol. The van der Waals surface area contributed by atoms with Gasteiger partial charge < -0.3 is 5.73 Å². The molecule has 0 unspecified atom stereocenters. The molecule has 2 aromatic rings. The van der Waals surface area contributed by atoms with Crippen molar-refractivity contribution in [2.75, 3.05) is 5.73 Å². The van der Waals surface area contributed by atoms with Gasteiger partial charge in [-0.1, -0.05) is 41.5 Å². The van der Waals surface area contributed by atoms with Crippen molar-refractivity contribution in [1.29, 1.82) is 0 Å². The van der Waals surface area contributed by atoms with Gasteiger partial charge in [-0.2, -0.15) is 11.8 Å². The zero-order valence-electron chi connectivity index (χ0n) is 10.9. The Bertz CT molecular complexity index is 497. The molecule has 2 N–H and O–H groups in total. The van der Waals surface area contributed by atoms with E-state index < -0.39 is 0 Å². The molecule has 0 fully saturated rings. The van der Waals surface area contributed by atoms with Gasteiger partial charge in [-0.25, -0.2) is 0 Å². The van der Waals surface area contributed by atoms with E-state index in [0.29, 0.717) is 0 Å². The molecular formula is C16H19NS. The second kappa shape index (κ2) is 5.96. The van der Waals surface area contributed by atoms with Crippen LogP contribution >= 0.6 is 11.8 Å². The number of hydrogen-bond acceptors (Lipinski definition) is 2. The second-order valence-corrected chi connectivity index (χ2v) is 5.72. The Balaban J connectivity index is 1.90. The van der Waals surface area contributed by atoms with Crippen molar-refractivity contribution in [2.45, 2.75) is 25.4 Å². The van der Waals surface area contributed by atoms with Crippen LogP contribution in [0, 0.1) is 13.8 Å². The molecule has 0 radical (unpaired) electrons. The lowest BCUT2D eigenvalue weighted by molar-refractivity contribution is 1.29. The first kappa shape index (κ1) is 13.0. The van der Waals surface area contributed by atoms with Crippen LogP contribution < -0.4 is 5.73 Å². The molecular weight excluding hydrogens is 238 g/mol. The van der Waals surface area contributed by atoms with E-state index in [0.717, 1.165) is 17.2 Å². The van der Waals surface area contributed by atoms with E-state index in [1.807, 2.05) is 23.9 Å². The van der Waals surface area contributed by atoms with Crippen molar-refractivity contribution >= 4 is 17.4 Å². The molecule has 2 rings (SSSR count). The molecule has 94 valence electrons. The van der Waals surface area contributed by atoms with Crippen LogP contribution in [0.25, 0.3) is 0 Å². The molecule has 0 bridgehead atoms. The Labute approximate surface area is 113 Å². The molecule has 0 saturated heterocycles. The predicted octanol–water partition coefficient (Wildman–Crippen LogP) is 4.32. The molecule has 0 atom stereocenters. The SMILES string of the molecule is Cc1cc(C)cc(CSCc2ccc(N)cc2)c1. The minimum absolute atomic E-state index is 0.832. The number of hydrogen-bond donors (Lipinski definition) is 1. The van der Waals surface area contributed by atoms with E-state index in [9.17, 15) is 0 Å². The Morgan fingerprint density at radius 3 is 2.00 bits per heavy atom. The lowest BCUT2D eigenvalue weighted by atomic mass is 10.1. The number of nitrogens with two attached hydrogens (primary N) is 1. The molecule has 0 aliphatic carbocycles. The molecule has 0 spiro atoms. The second-order valence-electron chi connectivity index (χ2n) is 4.73. The number of nitrogen functional groups attached to an aromatic ring is 1. The highest BCUT2D eigenvalue weighted by Gasteiger charge is 1.98. The third kappa shape index (κ3) is 3.81. The number of anilines is 1. The Kier molecular flexibility index (Phi) is 4.32. The maximum atomic E-state index is 5.67. The molecule has 0 aromatic heterocycles. The van der Waals surface area contributed by atoms with Crippen LogP contribution in [0.2, 0.25) is 0 Å². The van der Waals surface area contributed by atoms with E-state index in [-0.39, 0.29) is 0 Å². The van der Waals surface area contributed by atoms with Crippen LogP contribution in [0.1, 0.15) is 22.3 Å². The molecule has 0 heterocycles. The fourth-order valence-electron chi connectivity index (χ4n) is 2.05. The molecule has 0 amide bonds. The molecule has 1 nitrogen and oxygen atoms in total. The van der Waals surface area contributed by atoms with E-state index in [2.05, 4.69) is 44.2 Å². The fourth-order valence-corrected chi connectivity index (χ4v) is 2.99. The summed E-state index contributed by atoms with van der Waals surface area (Å²) in [6.45, 7) is 4.31. The largest absolute Gasteiger partial charge is 0.399 e. The summed E-state index contributed by atoms with van der Waals surface area (Å²) < 4.78 is 0. The Hall–Kier alpha value is -1.41. The Morgan fingerprint density at radius 1 is 0.833 bits per heavy atom. The highest BCUT2D eigenvalue weighted by Crippen LogP contribution is 2.20.